The minimum Gasteiger partial charge on any atom is -0.396 e. The van der Waals surface area contributed by atoms with E-state index >= 15 is 0 Å². The fourth-order valence-electron chi connectivity index (χ4n) is 2.05. The number of aliphatic hydroxyl groups excluding tert-OH is 1. The van der Waals surface area contributed by atoms with E-state index in [-0.39, 0.29) is 6.61 Å². The van der Waals surface area contributed by atoms with Crippen molar-refractivity contribution in [1.82, 2.24) is 9.55 Å². The van der Waals surface area contributed by atoms with Crippen LogP contribution in [-0.4, -0.2) is 21.3 Å². The number of aromatic nitrogens is 2. The van der Waals surface area contributed by atoms with E-state index in [0.717, 1.165) is 30.6 Å². The van der Waals surface area contributed by atoms with Crippen molar-refractivity contribution in [3.8, 4) is 11.3 Å². The van der Waals surface area contributed by atoms with Gasteiger partial charge in [0.05, 0.1) is 12.0 Å². The second-order valence-electron chi connectivity index (χ2n) is 4.03. The summed E-state index contributed by atoms with van der Waals surface area (Å²) in [6.45, 7) is 3.19. The van der Waals surface area contributed by atoms with Gasteiger partial charge in [-0.25, -0.2) is 4.98 Å². The van der Waals surface area contributed by atoms with Gasteiger partial charge in [0, 0.05) is 24.4 Å². The number of rotatable bonds is 5. The molecule has 1 N–H and O–H groups in total. The van der Waals surface area contributed by atoms with Gasteiger partial charge in [-0.15, -0.1) is 0 Å². The largest absolute Gasteiger partial charge is 0.396 e. The van der Waals surface area contributed by atoms with E-state index in [0.29, 0.717) is 0 Å². The van der Waals surface area contributed by atoms with Crippen LogP contribution >= 0.6 is 0 Å². The summed E-state index contributed by atoms with van der Waals surface area (Å²) in [5.41, 5.74) is 3.46. The zero-order chi connectivity index (χ0) is 12.1. The Balaban J connectivity index is 2.32. The minimum atomic E-state index is 0.224. The van der Waals surface area contributed by atoms with E-state index in [1.165, 1.54) is 5.69 Å². The zero-order valence-electron chi connectivity index (χ0n) is 10.1. The number of imidazole rings is 1. The summed E-state index contributed by atoms with van der Waals surface area (Å²) in [5.74, 6) is 0. The minimum absolute atomic E-state index is 0.224. The highest BCUT2D eigenvalue weighted by molar-refractivity contribution is 5.61. The summed E-state index contributed by atoms with van der Waals surface area (Å²) >= 11 is 0. The average molecular weight is 230 g/mol. The second-order valence-corrected chi connectivity index (χ2v) is 4.03. The molecule has 0 spiro atoms. The number of hydrogen-bond acceptors (Lipinski definition) is 2. The molecule has 3 nitrogen and oxygen atoms in total. The van der Waals surface area contributed by atoms with E-state index < -0.39 is 0 Å². The van der Waals surface area contributed by atoms with Crippen molar-refractivity contribution in [3.63, 3.8) is 0 Å². The van der Waals surface area contributed by atoms with E-state index in [1.54, 1.807) is 0 Å². The molecule has 17 heavy (non-hydrogen) atoms. The fourth-order valence-corrected chi connectivity index (χ4v) is 2.05. The van der Waals surface area contributed by atoms with Gasteiger partial charge in [-0.2, -0.15) is 0 Å². The van der Waals surface area contributed by atoms with Gasteiger partial charge in [0.15, 0.2) is 0 Å². The molecular weight excluding hydrogens is 212 g/mol. The molecule has 0 unspecified atom stereocenters. The first-order chi connectivity index (χ1) is 8.36. The van der Waals surface area contributed by atoms with Crippen molar-refractivity contribution in [3.05, 3.63) is 42.4 Å². The molecule has 90 valence electrons. The third-order valence-electron chi connectivity index (χ3n) is 2.89. The molecule has 0 aliphatic rings. The molecule has 1 aromatic heterocycles. The molecule has 1 heterocycles. The molecule has 0 saturated heterocycles. The molecule has 1 aromatic carbocycles. The smallest absolute Gasteiger partial charge is 0.0956 e. The van der Waals surface area contributed by atoms with Crippen LogP contribution in [0.25, 0.3) is 11.3 Å². The fraction of sp³-hybridized carbons (Fsp3) is 0.357. The van der Waals surface area contributed by atoms with Crippen molar-refractivity contribution in [2.75, 3.05) is 6.61 Å². The molecule has 0 radical (unpaired) electrons. The van der Waals surface area contributed by atoms with Gasteiger partial charge >= 0.3 is 0 Å². The quantitative estimate of drug-likeness (QED) is 0.857. The van der Waals surface area contributed by atoms with Gasteiger partial charge in [0.1, 0.15) is 0 Å². The van der Waals surface area contributed by atoms with Crippen LogP contribution in [0.3, 0.4) is 0 Å². The molecule has 0 aliphatic heterocycles. The maximum absolute atomic E-state index is 8.88. The average Bonchev–Trinajstić information content (AvgIpc) is 2.80. The lowest BCUT2D eigenvalue weighted by atomic mass is 10.1. The standard InChI is InChI=1S/C14H18N2O/c1-2-13-14(12-7-4-3-5-8-12)15-11-16(13)9-6-10-17/h3-5,7-8,11,17H,2,6,9-10H2,1H3. The van der Waals surface area contributed by atoms with Crippen LogP contribution < -0.4 is 0 Å². The summed E-state index contributed by atoms with van der Waals surface area (Å²) in [6, 6.07) is 10.2. The van der Waals surface area contributed by atoms with E-state index in [4.69, 9.17) is 5.11 Å². The summed E-state index contributed by atoms with van der Waals surface area (Å²) < 4.78 is 2.14. The topological polar surface area (TPSA) is 38.0 Å². The monoisotopic (exact) mass is 230 g/mol. The summed E-state index contributed by atoms with van der Waals surface area (Å²) in [4.78, 5) is 4.49. The summed E-state index contributed by atoms with van der Waals surface area (Å²) in [5, 5.41) is 8.88. The number of hydrogen-bond donors (Lipinski definition) is 1. The summed E-state index contributed by atoms with van der Waals surface area (Å²) in [7, 11) is 0. The Bertz CT molecular complexity index is 462. The Morgan fingerprint density at radius 2 is 2.00 bits per heavy atom. The predicted octanol–water partition coefficient (Wildman–Crippen LogP) is 2.49. The molecule has 2 rings (SSSR count). The molecule has 2 aromatic rings. The number of nitrogens with zero attached hydrogens (tertiary/aromatic N) is 2. The highest BCUT2D eigenvalue weighted by atomic mass is 16.3. The second kappa shape index (κ2) is 5.64. The van der Waals surface area contributed by atoms with E-state index in [2.05, 4.69) is 28.6 Å². The van der Waals surface area contributed by atoms with Crippen LogP contribution in [0.2, 0.25) is 0 Å². The molecule has 0 bridgehead atoms. The van der Waals surface area contributed by atoms with Crippen molar-refractivity contribution >= 4 is 0 Å². The van der Waals surface area contributed by atoms with Crippen LogP contribution in [0.1, 0.15) is 19.0 Å². The van der Waals surface area contributed by atoms with Crippen molar-refractivity contribution < 1.29 is 5.11 Å². The first-order valence-electron chi connectivity index (χ1n) is 6.07. The molecule has 0 amide bonds. The number of aliphatic hydroxyl groups is 1. The maximum atomic E-state index is 8.88. The van der Waals surface area contributed by atoms with Crippen molar-refractivity contribution in [2.45, 2.75) is 26.3 Å². The lowest BCUT2D eigenvalue weighted by molar-refractivity contribution is 0.279. The third-order valence-corrected chi connectivity index (χ3v) is 2.89. The summed E-state index contributed by atoms with van der Waals surface area (Å²) in [6.07, 6.45) is 3.60. The first-order valence-corrected chi connectivity index (χ1v) is 6.07. The predicted molar refractivity (Wildman–Crippen MR) is 68.7 cm³/mol. The van der Waals surface area contributed by atoms with Gasteiger partial charge in [-0.1, -0.05) is 37.3 Å². The molecule has 3 heteroatoms. The van der Waals surface area contributed by atoms with E-state index in [9.17, 15) is 0 Å². The Hall–Kier alpha value is -1.61. The molecule has 0 saturated carbocycles. The molecular formula is C14H18N2O. The van der Waals surface area contributed by atoms with Gasteiger partial charge in [0.2, 0.25) is 0 Å². The van der Waals surface area contributed by atoms with Gasteiger partial charge < -0.3 is 9.67 Å². The lowest BCUT2D eigenvalue weighted by Gasteiger charge is -2.07. The highest BCUT2D eigenvalue weighted by Gasteiger charge is 2.10. The SMILES string of the molecule is CCc1c(-c2ccccc2)ncn1CCCO. The van der Waals surface area contributed by atoms with Gasteiger partial charge in [-0.05, 0) is 12.8 Å². The van der Waals surface area contributed by atoms with Crippen molar-refractivity contribution in [1.29, 1.82) is 0 Å². The van der Waals surface area contributed by atoms with E-state index in [1.807, 2.05) is 24.5 Å². The Morgan fingerprint density at radius 3 is 2.65 bits per heavy atom. The van der Waals surface area contributed by atoms with Crippen LogP contribution in [0.15, 0.2) is 36.7 Å². The highest BCUT2D eigenvalue weighted by Crippen LogP contribution is 2.22. The molecule has 0 fully saturated rings. The van der Waals surface area contributed by atoms with Crippen LogP contribution in [0.4, 0.5) is 0 Å². The normalized spacial score (nSPS) is 10.7. The number of benzene rings is 1. The zero-order valence-corrected chi connectivity index (χ0v) is 10.1. The van der Waals surface area contributed by atoms with Crippen LogP contribution in [-0.2, 0) is 13.0 Å². The van der Waals surface area contributed by atoms with Crippen LogP contribution in [0.5, 0.6) is 0 Å². The lowest BCUT2D eigenvalue weighted by Crippen LogP contribution is -2.03. The Labute approximate surface area is 102 Å². The maximum Gasteiger partial charge on any atom is 0.0956 e. The third kappa shape index (κ3) is 2.56. The Morgan fingerprint density at radius 1 is 1.24 bits per heavy atom. The van der Waals surface area contributed by atoms with Gasteiger partial charge in [-0.3, -0.25) is 0 Å². The van der Waals surface area contributed by atoms with Crippen LogP contribution in [0, 0.1) is 0 Å². The first kappa shape index (κ1) is 11.9. The van der Waals surface area contributed by atoms with Crippen molar-refractivity contribution in [2.24, 2.45) is 0 Å². The molecule has 0 aliphatic carbocycles. The van der Waals surface area contributed by atoms with Gasteiger partial charge in [0.25, 0.3) is 0 Å². The molecule has 0 atom stereocenters. The number of aryl methyl sites for hydroxylation is 1. The Kier molecular flexibility index (Phi) is 3.94.